The van der Waals surface area contributed by atoms with Gasteiger partial charge in [0.1, 0.15) is 0 Å². The van der Waals surface area contributed by atoms with Crippen LogP contribution in [0.25, 0.3) is 0 Å². The molecule has 1 aliphatic rings. The monoisotopic (exact) mass is 240 g/mol. The lowest BCUT2D eigenvalue weighted by atomic mass is 9.94. The van der Waals surface area contributed by atoms with Gasteiger partial charge in [-0.25, -0.2) is 0 Å². The molecule has 1 aromatic rings. The molecule has 0 amide bonds. The van der Waals surface area contributed by atoms with Gasteiger partial charge in [-0.05, 0) is 63.4 Å². The Bertz CT molecular complexity index is 280. The van der Waals surface area contributed by atoms with E-state index in [4.69, 9.17) is 0 Å². The first kappa shape index (κ1) is 12.0. The zero-order valence-corrected chi connectivity index (χ0v) is 10.7. The third kappa shape index (κ3) is 3.81. The van der Waals surface area contributed by atoms with Crippen LogP contribution in [0.4, 0.5) is 0 Å². The second-order valence-electron chi connectivity index (χ2n) is 4.61. The summed E-state index contributed by atoms with van der Waals surface area (Å²) in [6, 6.07) is 0. The van der Waals surface area contributed by atoms with Gasteiger partial charge in [0.25, 0.3) is 0 Å². The molecule has 5 heteroatoms. The minimum Gasteiger partial charge on any atom is -0.311 e. The molecule has 1 aromatic heterocycles. The van der Waals surface area contributed by atoms with Crippen molar-refractivity contribution in [2.75, 3.05) is 26.7 Å². The van der Waals surface area contributed by atoms with Crippen molar-refractivity contribution in [3.63, 3.8) is 0 Å². The summed E-state index contributed by atoms with van der Waals surface area (Å²) in [5, 5.41) is 9.45. The molecule has 1 fully saturated rings. The number of piperidine rings is 1. The number of likely N-dealkylation sites (tertiary alicyclic amines) is 1. The summed E-state index contributed by atoms with van der Waals surface area (Å²) < 4.78 is 3.85. The smallest absolute Gasteiger partial charge is 0.0893 e. The molecule has 2 heterocycles. The zero-order chi connectivity index (χ0) is 11.2. The highest BCUT2D eigenvalue weighted by atomic mass is 32.1. The van der Waals surface area contributed by atoms with E-state index >= 15 is 0 Å². The maximum atomic E-state index is 4.01. The molecule has 0 aromatic carbocycles. The Morgan fingerprint density at radius 1 is 1.50 bits per heavy atom. The Kier molecular flexibility index (Phi) is 4.69. The van der Waals surface area contributed by atoms with Crippen LogP contribution in [-0.2, 0) is 6.54 Å². The van der Waals surface area contributed by atoms with Crippen LogP contribution in [0.5, 0.6) is 0 Å². The molecule has 0 aliphatic carbocycles. The van der Waals surface area contributed by atoms with Crippen molar-refractivity contribution in [2.45, 2.75) is 25.8 Å². The molecule has 1 N–H and O–H groups in total. The van der Waals surface area contributed by atoms with Gasteiger partial charge in [-0.2, -0.15) is 0 Å². The molecule has 0 unspecified atom stereocenters. The fraction of sp³-hybridized carbons (Fsp3) is 0.818. The van der Waals surface area contributed by atoms with Gasteiger partial charge in [0, 0.05) is 11.9 Å². The van der Waals surface area contributed by atoms with Crippen molar-refractivity contribution in [3.8, 4) is 0 Å². The first-order valence-electron chi connectivity index (χ1n) is 6.00. The second kappa shape index (κ2) is 6.27. The molecule has 4 nitrogen and oxygen atoms in total. The summed E-state index contributed by atoms with van der Waals surface area (Å²) in [7, 11) is 2.21. The first-order valence-corrected chi connectivity index (χ1v) is 6.83. The second-order valence-corrected chi connectivity index (χ2v) is 5.22. The molecule has 0 saturated carbocycles. The normalized spacial score (nSPS) is 19.1. The zero-order valence-electron chi connectivity index (χ0n) is 9.85. The Hall–Kier alpha value is -0.520. The van der Waals surface area contributed by atoms with Gasteiger partial charge in [0.15, 0.2) is 0 Å². The van der Waals surface area contributed by atoms with Crippen molar-refractivity contribution < 1.29 is 0 Å². The lowest BCUT2D eigenvalue weighted by Gasteiger charge is -2.28. The number of hydrogen-bond donors (Lipinski definition) is 1. The van der Waals surface area contributed by atoms with Gasteiger partial charge in [-0.1, -0.05) is 4.49 Å². The quantitative estimate of drug-likeness (QED) is 0.789. The van der Waals surface area contributed by atoms with E-state index in [0.29, 0.717) is 0 Å². The predicted molar refractivity (Wildman–Crippen MR) is 66.5 cm³/mol. The van der Waals surface area contributed by atoms with Gasteiger partial charge in [-0.15, -0.1) is 5.10 Å². The van der Waals surface area contributed by atoms with E-state index in [1.54, 1.807) is 0 Å². The van der Waals surface area contributed by atoms with E-state index in [1.807, 2.05) is 5.38 Å². The predicted octanol–water partition coefficient (Wildman–Crippen LogP) is 1.36. The van der Waals surface area contributed by atoms with Crippen LogP contribution in [0.15, 0.2) is 5.38 Å². The third-order valence-electron chi connectivity index (χ3n) is 3.28. The van der Waals surface area contributed by atoms with Gasteiger partial charge >= 0.3 is 0 Å². The lowest BCUT2D eigenvalue weighted by Crippen LogP contribution is -2.31. The molecule has 0 radical (unpaired) electrons. The van der Waals surface area contributed by atoms with Crippen LogP contribution in [0.2, 0.25) is 0 Å². The molecular formula is C11H20N4S. The van der Waals surface area contributed by atoms with Gasteiger partial charge in [0.05, 0.1) is 5.69 Å². The Labute approximate surface area is 101 Å². The van der Waals surface area contributed by atoms with Crippen molar-refractivity contribution in [1.29, 1.82) is 0 Å². The van der Waals surface area contributed by atoms with Crippen molar-refractivity contribution in [2.24, 2.45) is 5.92 Å². The van der Waals surface area contributed by atoms with E-state index < -0.39 is 0 Å². The van der Waals surface area contributed by atoms with Crippen LogP contribution in [-0.4, -0.2) is 41.2 Å². The van der Waals surface area contributed by atoms with E-state index in [-0.39, 0.29) is 0 Å². The topological polar surface area (TPSA) is 41.0 Å². The summed E-state index contributed by atoms with van der Waals surface area (Å²) in [5.74, 6) is 0.914. The minimum absolute atomic E-state index is 0.864. The maximum absolute atomic E-state index is 4.01. The SMILES string of the molecule is CN1CCC(CCNCc2csnn2)CC1. The van der Waals surface area contributed by atoms with E-state index in [2.05, 4.69) is 26.9 Å². The molecule has 0 bridgehead atoms. The van der Waals surface area contributed by atoms with Crippen LogP contribution in [0.3, 0.4) is 0 Å². The Morgan fingerprint density at radius 2 is 2.31 bits per heavy atom. The number of aromatic nitrogens is 2. The summed E-state index contributed by atoms with van der Waals surface area (Å²) in [6.45, 7) is 4.50. The molecule has 1 saturated heterocycles. The summed E-state index contributed by atoms with van der Waals surface area (Å²) in [6.07, 6.45) is 4.01. The fourth-order valence-electron chi connectivity index (χ4n) is 2.13. The third-order valence-corrected chi connectivity index (χ3v) is 3.83. The minimum atomic E-state index is 0.864. The summed E-state index contributed by atoms with van der Waals surface area (Å²) in [5.41, 5.74) is 1.06. The van der Waals surface area contributed by atoms with Gasteiger partial charge < -0.3 is 10.2 Å². The maximum Gasteiger partial charge on any atom is 0.0893 e. The molecular weight excluding hydrogens is 220 g/mol. The largest absolute Gasteiger partial charge is 0.311 e. The fourth-order valence-corrected chi connectivity index (χ4v) is 2.59. The average Bonchev–Trinajstić information content (AvgIpc) is 2.80. The Balaban J connectivity index is 1.55. The number of rotatable bonds is 5. The van der Waals surface area contributed by atoms with Gasteiger partial charge in [0.2, 0.25) is 0 Å². The van der Waals surface area contributed by atoms with E-state index in [0.717, 1.165) is 24.7 Å². The highest BCUT2D eigenvalue weighted by Gasteiger charge is 2.15. The molecule has 2 rings (SSSR count). The van der Waals surface area contributed by atoms with Crippen molar-refractivity contribution in [1.82, 2.24) is 19.8 Å². The van der Waals surface area contributed by atoms with Crippen molar-refractivity contribution in [3.05, 3.63) is 11.1 Å². The van der Waals surface area contributed by atoms with Crippen LogP contribution < -0.4 is 5.32 Å². The van der Waals surface area contributed by atoms with E-state index in [1.165, 1.54) is 43.9 Å². The lowest BCUT2D eigenvalue weighted by molar-refractivity contribution is 0.211. The number of hydrogen-bond acceptors (Lipinski definition) is 5. The first-order chi connectivity index (χ1) is 7.84. The highest BCUT2D eigenvalue weighted by Crippen LogP contribution is 2.18. The van der Waals surface area contributed by atoms with Crippen LogP contribution in [0.1, 0.15) is 25.0 Å². The average molecular weight is 240 g/mol. The molecule has 0 spiro atoms. The standard InChI is InChI=1S/C11H20N4S/c1-15-6-3-10(4-7-15)2-5-12-8-11-9-16-14-13-11/h9-10,12H,2-8H2,1H3. The highest BCUT2D eigenvalue weighted by molar-refractivity contribution is 7.03. The number of nitrogens with zero attached hydrogens (tertiary/aromatic N) is 3. The molecule has 16 heavy (non-hydrogen) atoms. The summed E-state index contributed by atoms with van der Waals surface area (Å²) >= 11 is 1.42. The summed E-state index contributed by atoms with van der Waals surface area (Å²) in [4.78, 5) is 2.42. The molecule has 90 valence electrons. The van der Waals surface area contributed by atoms with Crippen LogP contribution in [0, 0.1) is 5.92 Å². The Morgan fingerprint density at radius 3 is 3.00 bits per heavy atom. The molecule has 0 atom stereocenters. The van der Waals surface area contributed by atoms with Crippen LogP contribution >= 0.6 is 11.5 Å². The molecule has 1 aliphatic heterocycles. The van der Waals surface area contributed by atoms with E-state index in [9.17, 15) is 0 Å². The van der Waals surface area contributed by atoms with Crippen molar-refractivity contribution >= 4 is 11.5 Å². The number of nitrogens with one attached hydrogen (secondary N) is 1. The van der Waals surface area contributed by atoms with Gasteiger partial charge in [-0.3, -0.25) is 0 Å².